The van der Waals surface area contributed by atoms with Crippen LogP contribution in [0.25, 0.3) is 11.1 Å². The van der Waals surface area contributed by atoms with Crippen LogP contribution in [-0.2, 0) is 27.2 Å². The van der Waals surface area contributed by atoms with Crippen LogP contribution in [0.5, 0.6) is 0 Å². The van der Waals surface area contributed by atoms with Crippen molar-refractivity contribution in [2.75, 3.05) is 7.11 Å². The third-order valence-corrected chi connectivity index (χ3v) is 5.23. The molecule has 0 aliphatic heterocycles. The Labute approximate surface area is 211 Å². The molecule has 0 saturated heterocycles. The topological polar surface area (TPSA) is 107 Å². The largest absolute Gasteiger partial charge is 0.467 e. The Morgan fingerprint density at radius 2 is 1.58 bits per heavy atom. The van der Waals surface area contributed by atoms with E-state index in [4.69, 9.17) is 9.47 Å². The van der Waals surface area contributed by atoms with Crippen LogP contribution < -0.4 is 10.6 Å². The van der Waals surface area contributed by atoms with E-state index in [1.54, 1.807) is 51.2 Å². The van der Waals surface area contributed by atoms with Gasteiger partial charge < -0.3 is 20.1 Å². The number of carbonyl (C=O) groups excluding carboxylic acids is 3. The molecule has 36 heavy (non-hydrogen) atoms. The van der Waals surface area contributed by atoms with Gasteiger partial charge >= 0.3 is 12.1 Å². The van der Waals surface area contributed by atoms with Crippen LogP contribution in [0.1, 0.15) is 42.4 Å². The predicted octanol–water partition coefficient (Wildman–Crippen LogP) is 4.29. The molecular weight excluding hydrogens is 458 g/mol. The summed E-state index contributed by atoms with van der Waals surface area (Å²) in [6.07, 6.45) is 1.29. The number of hydrogen-bond donors (Lipinski definition) is 2. The van der Waals surface area contributed by atoms with Crippen LogP contribution in [-0.4, -0.2) is 41.7 Å². The van der Waals surface area contributed by atoms with Gasteiger partial charge in [-0.05, 0) is 55.7 Å². The number of benzene rings is 2. The zero-order valence-electron chi connectivity index (χ0n) is 20.9. The van der Waals surface area contributed by atoms with E-state index in [2.05, 4.69) is 15.6 Å². The van der Waals surface area contributed by atoms with Crippen molar-refractivity contribution in [3.63, 3.8) is 0 Å². The lowest BCUT2D eigenvalue weighted by Crippen LogP contribution is -2.43. The number of nitrogens with one attached hydrogen (secondary N) is 2. The molecular formula is C28H31N3O5. The van der Waals surface area contributed by atoms with Gasteiger partial charge in [0.05, 0.1) is 7.11 Å². The molecule has 0 aliphatic rings. The number of pyridine rings is 1. The second-order valence-electron chi connectivity index (χ2n) is 9.13. The molecule has 3 rings (SSSR count). The molecule has 8 heteroatoms. The SMILES string of the molecule is COC(=O)C(Cc1ccccn1)NC(=O)c1ccccc1-c1ccccc1CNC(=O)OC(C)(C)C. The molecule has 1 aromatic heterocycles. The molecule has 2 amide bonds. The van der Waals surface area contributed by atoms with E-state index >= 15 is 0 Å². The average Bonchev–Trinajstić information content (AvgIpc) is 2.86. The van der Waals surface area contributed by atoms with E-state index in [-0.39, 0.29) is 13.0 Å². The maximum Gasteiger partial charge on any atom is 0.407 e. The summed E-state index contributed by atoms with van der Waals surface area (Å²) in [5.41, 5.74) is 2.68. The molecule has 2 aromatic carbocycles. The minimum Gasteiger partial charge on any atom is -0.467 e. The molecule has 0 radical (unpaired) electrons. The molecule has 2 N–H and O–H groups in total. The summed E-state index contributed by atoms with van der Waals surface area (Å²) in [4.78, 5) is 42.2. The van der Waals surface area contributed by atoms with Crippen molar-refractivity contribution in [2.45, 2.75) is 45.4 Å². The summed E-state index contributed by atoms with van der Waals surface area (Å²) in [5.74, 6) is -0.986. The highest BCUT2D eigenvalue weighted by Crippen LogP contribution is 2.27. The third-order valence-electron chi connectivity index (χ3n) is 5.23. The second kappa shape index (κ2) is 12.0. The van der Waals surface area contributed by atoms with Gasteiger partial charge in [0.15, 0.2) is 0 Å². The summed E-state index contributed by atoms with van der Waals surface area (Å²) in [6, 6.07) is 19.0. The third kappa shape index (κ3) is 7.40. The normalized spacial score (nSPS) is 11.8. The molecule has 0 saturated carbocycles. The van der Waals surface area contributed by atoms with Crippen LogP contribution in [0.15, 0.2) is 72.9 Å². The summed E-state index contributed by atoms with van der Waals surface area (Å²) < 4.78 is 10.2. The number of rotatable bonds is 8. The van der Waals surface area contributed by atoms with Crippen LogP contribution in [0.3, 0.4) is 0 Å². The van der Waals surface area contributed by atoms with Gasteiger partial charge in [-0.15, -0.1) is 0 Å². The number of amides is 2. The monoisotopic (exact) mass is 489 g/mol. The first kappa shape index (κ1) is 26.4. The first-order valence-electron chi connectivity index (χ1n) is 11.6. The van der Waals surface area contributed by atoms with E-state index in [0.717, 1.165) is 11.1 Å². The van der Waals surface area contributed by atoms with E-state index in [1.165, 1.54) is 7.11 Å². The lowest BCUT2D eigenvalue weighted by Gasteiger charge is -2.20. The molecule has 0 fully saturated rings. The zero-order valence-corrected chi connectivity index (χ0v) is 20.9. The Kier molecular flexibility index (Phi) is 8.78. The van der Waals surface area contributed by atoms with Gasteiger partial charge in [-0.1, -0.05) is 48.5 Å². The minimum absolute atomic E-state index is 0.192. The maximum absolute atomic E-state index is 13.4. The Bertz CT molecular complexity index is 1210. The molecule has 0 bridgehead atoms. The molecule has 1 unspecified atom stereocenters. The molecule has 0 spiro atoms. The molecule has 8 nitrogen and oxygen atoms in total. The lowest BCUT2D eigenvalue weighted by molar-refractivity contribution is -0.142. The Balaban J connectivity index is 1.85. The van der Waals surface area contributed by atoms with Crippen molar-refractivity contribution in [3.05, 3.63) is 89.7 Å². The van der Waals surface area contributed by atoms with Gasteiger partial charge in [0.25, 0.3) is 5.91 Å². The Morgan fingerprint density at radius 1 is 0.917 bits per heavy atom. The number of alkyl carbamates (subject to hydrolysis) is 1. The van der Waals surface area contributed by atoms with Crippen LogP contribution in [0.4, 0.5) is 4.79 Å². The summed E-state index contributed by atoms with van der Waals surface area (Å²) in [7, 11) is 1.28. The maximum atomic E-state index is 13.4. The van der Waals surface area contributed by atoms with Gasteiger partial charge in [0.1, 0.15) is 11.6 Å². The Hall–Kier alpha value is -4.20. The highest BCUT2D eigenvalue weighted by Gasteiger charge is 2.25. The van der Waals surface area contributed by atoms with Crippen LogP contribution >= 0.6 is 0 Å². The minimum atomic E-state index is -0.908. The van der Waals surface area contributed by atoms with Gasteiger partial charge in [-0.25, -0.2) is 9.59 Å². The van der Waals surface area contributed by atoms with Gasteiger partial charge in [-0.2, -0.15) is 0 Å². The van der Waals surface area contributed by atoms with Crippen molar-refractivity contribution < 1.29 is 23.9 Å². The van der Waals surface area contributed by atoms with Crippen molar-refractivity contribution in [3.8, 4) is 11.1 Å². The lowest BCUT2D eigenvalue weighted by atomic mass is 9.94. The number of nitrogens with zero attached hydrogens (tertiary/aromatic N) is 1. The van der Waals surface area contributed by atoms with E-state index < -0.39 is 29.6 Å². The fourth-order valence-electron chi connectivity index (χ4n) is 3.63. The first-order chi connectivity index (χ1) is 17.2. The summed E-state index contributed by atoms with van der Waals surface area (Å²) >= 11 is 0. The fourth-order valence-corrected chi connectivity index (χ4v) is 3.63. The van der Waals surface area contributed by atoms with Crippen molar-refractivity contribution in [2.24, 2.45) is 0 Å². The van der Waals surface area contributed by atoms with Gasteiger partial charge in [-0.3, -0.25) is 9.78 Å². The van der Waals surface area contributed by atoms with Crippen LogP contribution in [0.2, 0.25) is 0 Å². The number of carbonyl (C=O) groups is 3. The first-order valence-corrected chi connectivity index (χ1v) is 11.6. The Morgan fingerprint density at radius 3 is 2.25 bits per heavy atom. The predicted molar refractivity (Wildman–Crippen MR) is 136 cm³/mol. The van der Waals surface area contributed by atoms with Crippen molar-refractivity contribution in [1.82, 2.24) is 15.6 Å². The van der Waals surface area contributed by atoms with E-state index in [9.17, 15) is 14.4 Å². The summed E-state index contributed by atoms with van der Waals surface area (Å²) in [6.45, 7) is 5.60. The fraction of sp³-hybridized carbons (Fsp3) is 0.286. The zero-order chi connectivity index (χ0) is 26.1. The number of aromatic nitrogens is 1. The number of ether oxygens (including phenoxy) is 2. The number of methoxy groups -OCH3 is 1. The van der Waals surface area contributed by atoms with Crippen molar-refractivity contribution in [1.29, 1.82) is 0 Å². The molecule has 188 valence electrons. The number of esters is 1. The van der Waals surface area contributed by atoms with E-state index in [0.29, 0.717) is 16.8 Å². The number of hydrogen-bond acceptors (Lipinski definition) is 6. The highest BCUT2D eigenvalue weighted by atomic mass is 16.6. The smallest absolute Gasteiger partial charge is 0.407 e. The quantitative estimate of drug-likeness (QED) is 0.457. The second-order valence-corrected chi connectivity index (χ2v) is 9.13. The van der Waals surface area contributed by atoms with Gasteiger partial charge in [0.2, 0.25) is 0 Å². The molecule has 1 atom stereocenters. The molecule has 1 heterocycles. The van der Waals surface area contributed by atoms with Gasteiger partial charge in [0, 0.05) is 30.4 Å². The highest BCUT2D eigenvalue weighted by molar-refractivity contribution is 6.02. The van der Waals surface area contributed by atoms with E-state index in [1.807, 2.05) is 42.5 Å². The molecule has 0 aliphatic carbocycles. The average molecular weight is 490 g/mol. The molecule has 3 aromatic rings. The summed E-state index contributed by atoms with van der Waals surface area (Å²) in [5, 5.41) is 5.56. The standard InChI is InChI=1S/C28H31N3O5/c1-28(2,3)36-27(34)30-18-19-11-5-6-13-21(19)22-14-7-8-15-23(22)25(32)31-24(26(33)35-4)17-20-12-9-10-16-29-20/h5-16,24H,17-18H2,1-4H3,(H,30,34)(H,31,32). The van der Waals surface area contributed by atoms with Crippen molar-refractivity contribution >= 4 is 18.0 Å². The van der Waals surface area contributed by atoms with Crippen LogP contribution in [0, 0.1) is 0 Å².